The summed E-state index contributed by atoms with van der Waals surface area (Å²) in [7, 11) is 1.74. The number of fused-ring (bicyclic) bond motifs is 1. The molecule has 27 heavy (non-hydrogen) atoms. The number of hydrogen-bond donors (Lipinski definition) is 1. The fourth-order valence-electron chi connectivity index (χ4n) is 3.99. The van der Waals surface area contributed by atoms with E-state index in [1.54, 1.807) is 7.11 Å². The summed E-state index contributed by atoms with van der Waals surface area (Å²) >= 11 is 0. The summed E-state index contributed by atoms with van der Waals surface area (Å²) in [6, 6.07) is 16.9. The summed E-state index contributed by atoms with van der Waals surface area (Å²) in [5.41, 5.74) is 2.18. The van der Waals surface area contributed by atoms with Gasteiger partial charge in [0.2, 0.25) is 0 Å². The summed E-state index contributed by atoms with van der Waals surface area (Å²) in [5, 5.41) is 14.6. The standard InChI is InChI=1S/C22H26N4O/c1-16-17-9-3-4-10-18(17)22(25-24-16)23-15-20(26-13-7-8-14-26)19-11-5-6-12-21(19)27-2/h3-6,9-12,20H,7-8,13-15H2,1-2H3,(H,23,25). The van der Waals surface area contributed by atoms with Crippen molar-refractivity contribution in [3.8, 4) is 5.75 Å². The van der Waals surface area contributed by atoms with Crippen LogP contribution in [-0.4, -0.2) is 41.8 Å². The van der Waals surface area contributed by atoms with Crippen molar-refractivity contribution in [1.29, 1.82) is 0 Å². The zero-order valence-electron chi connectivity index (χ0n) is 16.0. The molecule has 140 valence electrons. The quantitative estimate of drug-likeness (QED) is 0.712. The number of ether oxygens (including phenoxy) is 1. The summed E-state index contributed by atoms with van der Waals surface area (Å²) in [6.07, 6.45) is 2.50. The van der Waals surface area contributed by atoms with Gasteiger partial charge in [-0.1, -0.05) is 42.5 Å². The Kier molecular flexibility index (Phi) is 5.21. The Morgan fingerprint density at radius 3 is 2.48 bits per heavy atom. The molecular formula is C22H26N4O. The van der Waals surface area contributed by atoms with Gasteiger partial charge in [-0.15, -0.1) is 5.10 Å². The highest BCUT2D eigenvalue weighted by atomic mass is 16.5. The van der Waals surface area contributed by atoms with Crippen molar-refractivity contribution in [1.82, 2.24) is 15.1 Å². The van der Waals surface area contributed by atoms with Crippen molar-refractivity contribution >= 4 is 16.6 Å². The van der Waals surface area contributed by atoms with E-state index in [1.807, 2.05) is 31.2 Å². The van der Waals surface area contributed by atoms with Gasteiger partial charge < -0.3 is 10.1 Å². The number of likely N-dealkylation sites (tertiary alicyclic amines) is 1. The van der Waals surface area contributed by atoms with Crippen molar-refractivity contribution in [3.05, 3.63) is 59.8 Å². The molecule has 2 heterocycles. The van der Waals surface area contributed by atoms with E-state index in [0.717, 1.165) is 47.7 Å². The molecule has 1 N–H and O–H groups in total. The molecule has 1 aliphatic heterocycles. The molecule has 4 rings (SSSR count). The number of anilines is 1. The van der Waals surface area contributed by atoms with Crippen LogP contribution in [0.5, 0.6) is 5.75 Å². The monoisotopic (exact) mass is 362 g/mol. The minimum Gasteiger partial charge on any atom is -0.496 e. The maximum absolute atomic E-state index is 5.64. The van der Waals surface area contributed by atoms with E-state index in [2.05, 4.69) is 44.7 Å². The van der Waals surface area contributed by atoms with Crippen LogP contribution in [0, 0.1) is 6.92 Å². The van der Waals surface area contributed by atoms with Crippen LogP contribution >= 0.6 is 0 Å². The van der Waals surface area contributed by atoms with Gasteiger partial charge in [-0.05, 0) is 38.9 Å². The lowest BCUT2D eigenvalue weighted by molar-refractivity contribution is 0.249. The van der Waals surface area contributed by atoms with Crippen LogP contribution in [0.15, 0.2) is 48.5 Å². The number of para-hydroxylation sites is 1. The lowest BCUT2D eigenvalue weighted by atomic mass is 10.0. The number of rotatable bonds is 6. The molecule has 2 aromatic carbocycles. The molecule has 1 saturated heterocycles. The Morgan fingerprint density at radius 2 is 1.70 bits per heavy atom. The largest absolute Gasteiger partial charge is 0.496 e. The molecule has 0 saturated carbocycles. The second-order valence-electron chi connectivity index (χ2n) is 7.06. The van der Waals surface area contributed by atoms with E-state index >= 15 is 0 Å². The molecule has 0 bridgehead atoms. The second kappa shape index (κ2) is 7.92. The highest BCUT2D eigenvalue weighted by Crippen LogP contribution is 2.32. The number of aromatic nitrogens is 2. The topological polar surface area (TPSA) is 50.3 Å². The van der Waals surface area contributed by atoms with Crippen molar-refractivity contribution in [2.75, 3.05) is 32.1 Å². The van der Waals surface area contributed by atoms with Crippen LogP contribution in [0.2, 0.25) is 0 Å². The Hall–Kier alpha value is -2.66. The highest BCUT2D eigenvalue weighted by molar-refractivity contribution is 5.92. The molecule has 5 heteroatoms. The first-order valence-electron chi connectivity index (χ1n) is 9.61. The van der Waals surface area contributed by atoms with E-state index in [-0.39, 0.29) is 6.04 Å². The number of aryl methyl sites for hydroxylation is 1. The van der Waals surface area contributed by atoms with Crippen LogP contribution in [0.3, 0.4) is 0 Å². The number of hydrogen-bond acceptors (Lipinski definition) is 5. The lowest BCUT2D eigenvalue weighted by Gasteiger charge is -2.29. The first kappa shape index (κ1) is 17.7. The van der Waals surface area contributed by atoms with Gasteiger partial charge in [0.1, 0.15) is 5.75 Å². The van der Waals surface area contributed by atoms with Crippen molar-refractivity contribution in [2.45, 2.75) is 25.8 Å². The van der Waals surface area contributed by atoms with E-state index < -0.39 is 0 Å². The molecule has 5 nitrogen and oxygen atoms in total. The molecule has 1 aromatic heterocycles. The number of nitrogens with one attached hydrogen (secondary N) is 1. The summed E-state index contributed by atoms with van der Waals surface area (Å²) in [6.45, 7) is 5.00. The first-order chi connectivity index (χ1) is 13.3. The maximum atomic E-state index is 5.64. The Bertz CT molecular complexity index is 921. The number of methoxy groups -OCH3 is 1. The van der Waals surface area contributed by atoms with Crippen LogP contribution < -0.4 is 10.1 Å². The average Bonchev–Trinajstić information content (AvgIpc) is 3.25. The van der Waals surface area contributed by atoms with Gasteiger partial charge in [0, 0.05) is 22.9 Å². The van der Waals surface area contributed by atoms with Crippen molar-refractivity contribution in [3.63, 3.8) is 0 Å². The number of benzene rings is 2. The normalized spacial score (nSPS) is 15.8. The van der Waals surface area contributed by atoms with Crippen LogP contribution in [0.25, 0.3) is 10.8 Å². The van der Waals surface area contributed by atoms with Gasteiger partial charge >= 0.3 is 0 Å². The lowest BCUT2D eigenvalue weighted by Crippen LogP contribution is -2.31. The third-order valence-electron chi connectivity index (χ3n) is 5.41. The van der Waals surface area contributed by atoms with Gasteiger partial charge in [0.05, 0.1) is 18.8 Å². The summed E-state index contributed by atoms with van der Waals surface area (Å²) in [5.74, 6) is 1.78. The smallest absolute Gasteiger partial charge is 0.156 e. The third-order valence-corrected chi connectivity index (χ3v) is 5.41. The highest BCUT2D eigenvalue weighted by Gasteiger charge is 2.26. The van der Waals surface area contributed by atoms with Crippen molar-refractivity contribution in [2.24, 2.45) is 0 Å². The van der Waals surface area contributed by atoms with Gasteiger partial charge in [-0.3, -0.25) is 4.90 Å². The molecule has 1 aliphatic rings. The third kappa shape index (κ3) is 3.60. The van der Waals surface area contributed by atoms with E-state index in [1.165, 1.54) is 18.4 Å². The van der Waals surface area contributed by atoms with Gasteiger partial charge in [0.25, 0.3) is 0 Å². The maximum Gasteiger partial charge on any atom is 0.156 e. The van der Waals surface area contributed by atoms with Crippen molar-refractivity contribution < 1.29 is 4.74 Å². The van der Waals surface area contributed by atoms with Crippen LogP contribution in [0.4, 0.5) is 5.82 Å². The zero-order chi connectivity index (χ0) is 18.6. The zero-order valence-corrected chi connectivity index (χ0v) is 16.0. The SMILES string of the molecule is COc1ccccc1C(CNc1nnc(C)c2ccccc12)N1CCCC1. The van der Waals surface area contributed by atoms with E-state index in [0.29, 0.717) is 0 Å². The van der Waals surface area contributed by atoms with Gasteiger partial charge in [-0.25, -0.2) is 0 Å². The van der Waals surface area contributed by atoms with E-state index in [9.17, 15) is 0 Å². The van der Waals surface area contributed by atoms with Crippen LogP contribution in [0.1, 0.15) is 30.1 Å². The minimum atomic E-state index is 0.241. The van der Waals surface area contributed by atoms with Gasteiger partial charge in [-0.2, -0.15) is 5.10 Å². The summed E-state index contributed by atoms with van der Waals surface area (Å²) in [4.78, 5) is 2.54. The molecule has 1 fully saturated rings. The van der Waals surface area contributed by atoms with Crippen LogP contribution in [-0.2, 0) is 0 Å². The fraction of sp³-hybridized carbons (Fsp3) is 0.364. The Morgan fingerprint density at radius 1 is 1.00 bits per heavy atom. The summed E-state index contributed by atoms with van der Waals surface area (Å²) < 4.78 is 5.64. The number of nitrogens with zero attached hydrogens (tertiary/aromatic N) is 3. The molecular weight excluding hydrogens is 336 g/mol. The fourth-order valence-corrected chi connectivity index (χ4v) is 3.99. The Labute approximate surface area is 160 Å². The average molecular weight is 362 g/mol. The van der Waals surface area contributed by atoms with Gasteiger partial charge in [0.15, 0.2) is 5.82 Å². The molecule has 1 unspecified atom stereocenters. The van der Waals surface area contributed by atoms with E-state index in [4.69, 9.17) is 4.74 Å². The predicted octanol–water partition coefficient (Wildman–Crippen LogP) is 4.20. The first-order valence-corrected chi connectivity index (χ1v) is 9.61. The molecule has 3 aromatic rings. The molecule has 0 radical (unpaired) electrons. The second-order valence-corrected chi connectivity index (χ2v) is 7.06. The predicted molar refractivity (Wildman–Crippen MR) is 109 cm³/mol. The Balaban J connectivity index is 1.64. The minimum absolute atomic E-state index is 0.241. The molecule has 0 spiro atoms. The molecule has 0 aliphatic carbocycles. The molecule has 1 atom stereocenters. The molecule has 0 amide bonds.